The summed E-state index contributed by atoms with van der Waals surface area (Å²) in [6.45, 7) is 9.46. The number of nitrogens with one attached hydrogen (secondary N) is 1. The van der Waals surface area contributed by atoms with Gasteiger partial charge in [0.25, 0.3) is 0 Å². The van der Waals surface area contributed by atoms with Gasteiger partial charge >= 0.3 is 0 Å². The van der Waals surface area contributed by atoms with Crippen LogP contribution in [0, 0.1) is 0 Å². The quantitative estimate of drug-likeness (QED) is 0.822. The minimum absolute atomic E-state index is 0.00673. The number of aromatic hydroxyl groups is 1. The van der Waals surface area contributed by atoms with Gasteiger partial charge in [-0.25, -0.2) is 0 Å². The van der Waals surface area contributed by atoms with Crippen molar-refractivity contribution >= 4 is 11.8 Å². The van der Waals surface area contributed by atoms with Gasteiger partial charge in [0.15, 0.2) is 0 Å². The Morgan fingerprint density at radius 2 is 1.79 bits per heavy atom. The van der Waals surface area contributed by atoms with Crippen molar-refractivity contribution in [3.63, 3.8) is 0 Å². The van der Waals surface area contributed by atoms with Crippen molar-refractivity contribution in [1.29, 1.82) is 0 Å². The number of benzene rings is 1. The van der Waals surface area contributed by atoms with Crippen molar-refractivity contribution in [2.24, 2.45) is 4.99 Å². The first-order valence-corrected chi connectivity index (χ1v) is 10.0. The number of rotatable bonds is 4. The van der Waals surface area contributed by atoms with E-state index < -0.39 is 0 Å². The highest BCUT2D eigenvalue weighted by molar-refractivity contribution is 6.11. The van der Waals surface area contributed by atoms with Crippen LogP contribution >= 0.6 is 0 Å². The first-order valence-electron chi connectivity index (χ1n) is 10.0. The topological polar surface area (TPSA) is 79.6 Å². The van der Waals surface area contributed by atoms with E-state index in [1.807, 2.05) is 36.6 Å². The molecule has 4 rings (SSSR count). The van der Waals surface area contributed by atoms with Crippen molar-refractivity contribution in [3.05, 3.63) is 42.0 Å². The molecule has 1 saturated heterocycles. The van der Waals surface area contributed by atoms with E-state index in [9.17, 15) is 5.11 Å². The normalized spacial score (nSPS) is 20.5. The largest absolute Gasteiger partial charge is 0.507 e. The first-order chi connectivity index (χ1) is 13.7. The Kier molecular flexibility index (Phi) is 4.90. The van der Waals surface area contributed by atoms with E-state index in [0.717, 1.165) is 24.0 Å². The summed E-state index contributed by atoms with van der Waals surface area (Å²) in [6.07, 6.45) is 5.74. The standard InChI is InChI=1S/C23H28N4O2/c1-22(2)12-17(13-23(3,4)27-22)29-21-8-7-19(25-26-21)18-6-5-15(11-20(18)28)16-9-10-24-14-16/h5-9,11,14,17,27-28H,10,12-13H2,1-4H3. The van der Waals surface area contributed by atoms with E-state index in [-0.39, 0.29) is 22.9 Å². The number of nitrogens with zero attached hydrogens (tertiary/aromatic N) is 3. The number of phenolic OH excluding ortho intramolecular Hbond substituents is 1. The third-order valence-electron chi connectivity index (χ3n) is 5.33. The maximum atomic E-state index is 10.5. The molecule has 29 heavy (non-hydrogen) atoms. The fourth-order valence-corrected chi connectivity index (χ4v) is 4.48. The molecule has 1 fully saturated rings. The van der Waals surface area contributed by atoms with E-state index in [1.54, 1.807) is 6.07 Å². The zero-order valence-corrected chi connectivity index (χ0v) is 17.4. The van der Waals surface area contributed by atoms with Crippen LogP contribution in [0.3, 0.4) is 0 Å². The van der Waals surface area contributed by atoms with Crippen LogP contribution in [0.5, 0.6) is 11.6 Å². The molecule has 0 aliphatic carbocycles. The summed E-state index contributed by atoms with van der Waals surface area (Å²) in [4.78, 5) is 4.19. The van der Waals surface area contributed by atoms with E-state index in [0.29, 0.717) is 23.7 Å². The molecule has 0 spiro atoms. The molecule has 2 aliphatic rings. The SMILES string of the molecule is CC1(C)CC(Oc2ccc(-c3ccc(C4=CCN=C4)cc3O)nn2)CC(C)(C)N1. The summed E-state index contributed by atoms with van der Waals surface area (Å²) >= 11 is 0. The van der Waals surface area contributed by atoms with Crippen molar-refractivity contribution < 1.29 is 9.84 Å². The average Bonchev–Trinajstić information content (AvgIpc) is 3.14. The second-order valence-electron chi connectivity index (χ2n) is 9.18. The summed E-state index contributed by atoms with van der Waals surface area (Å²) in [7, 11) is 0. The Balaban J connectivity index is 1.49. The predicted molar refractivity (Wildman–Crippen MR) is 115 cm³/mol. The van der Waals surface area contributed by atoms with Crippen molar-refractivity contribution in [2.75, 3.05) is 6.54 Å². The first kappa shape index (κ1) is 19.6. The molecule has 0 saturated carbocycles. The van der Waals surface area contributed by atoms with Gasteiger partial charge in [-0.2, -0.15) is 0 Å². The zero-order valence-electron chi connectivity index (χ0n) is 17.4. The highest BCUT2D eigenvalue weighted by Gasteiger charge is 2.38. The van der Waals surface area contributed by atoms with Crippen LogP contribution in [0.2, 0.25) is 0 Å². The smallest absolute Gasteiger partial charge is 0.233 e. The lowest BCUT2D eigenvalue weighted by molar-refractivity contribution is 0.0524. The van der Waals surface area contributed by atoms with Crippen LogP contribution < -0.4 is 10.1 Å². The number of phenols is 1. The molecule has 2 N–H and O–H groups in total. The molecule has 6 heteroatoms. The summed E-state index contributed by atoms with van der Waals surface area (Å²) in [5.41, 5.74) is 3.24. The van der Waals surface area contributed by atoms with Gasteiger partial charge in [-0.3, -0.25) is 4.99 Å². The highest BCUT2D eigenvalue weighted by Crippen LogP contribution is 2.33. The number of allylic oxidation sites excluding steroid dienone is 1. The molecule has 1 aromatic heterocycles. The van der Waals surface area contributed by atoms with Crippen molar-refractivity contribution in [1.82, 2.24) is 15.5 Å². The average molecular weight is 393 g/mol. The van der Waals surface area contributed by atoms with E-state index >= 15 is 0 Å². The fourth-order valence-electron chi connectivity index (χ4n) is 4.48. The zero-order chi connectivity index (χ0) is 20.6. The van der Waals surface area contributed by atoms with Crippen LogP contribution in [-0.2, 0) is 0 Å². The summed E-state index contributed by atoms with van der Waals surface area (Å²) in [6, 6.07) is 9.22. The van der Waals surface area contributed by atoms with E-state index in [2.05, 4.69) is 48.2 Å². The Morgan fingerprint density at radius 3 is 2.38 bits per heavy atom. The third-order valence-corrected chi connectivity index (χ3v) is 5.33. The Hall–Kier alpha value is -2.73. The molecule has 0 amide bonds. The number of aromatic nitrogens is 2. The van der Waals surface area contributed by atoms with Crippen LogP contribution in [-0.4, -0.2) is 45.2 Å². The molecule has 0 bridgehead atoms. The molecule has 6 nitrogen and oxygen atoms in total. The Morgan fingerprint density at radius 1 is 1.03 bits per heavy atom. The van der Waals surface area contributed by atoms with Gasteiger partial charge in [-0.05, 0) is 57.0 Å². The molecule has 0 radical (unpaired) electrons. The lowest BCUT2D eigenvalue weighted by Gasteiger charge is -2.46. The molecule has 0 atom stereocenters. The second-order valence-corrected chi connectivity index (χ2v) is 9.18. The van der Waals surface area contributed by atoms with Crippen molar-refractivity contribution in [3.8, 4) is 22.9 Å². The van der Waals surface area contributed by atoms with Crippen LogP contribution in [0.15, 0.2) is 41.4 Å². The lowest BCUT2D eigenvalue weighted by atomic mass is 9.81. The fraction of sp³-hybridized carbons (Fsp3) is 0.435. The third kappa shape index (κ3) is 4.48. The number of aliphatic imine (C=N–C) groups is 1. The van der Waals surface area contributed by atoms with Gasteiger partial charge in [-0.15, -0.1) is 10.2 Å². The van der Waals surface area contributed by atoms with Crippen LogP contribution in [0.1, 0.15) is 46.1 Å². The molecular formula is C23H28N4O2. The summed E-state index contributed by atoms with van der Waals surface area (Å²) in [5.74, 6) is 0.684. The Labute approximate surface area is 171 Å². The van der Waals surface area contributed by atoms with Gasteiger partial charge < -0.3 is 15.2 Å². The van der Waals surface area contributed by atoms with E-state index in [1.165, 1.54) is 0 Å². The van der Waals surface area contributed by atoms with Gasteiger partial charge in [0.2, 0.25) is 5.88 Å². The minimum Gasteiger partial charge on any atom is -0.507 e. The highest BCUT2D eigenvalue weighted by atomic mass is 16.5. The van der Waals surface area contributed by atoms with Gasteiger partial charge in [0.1, 0.15) is 11.9 Å². The molecule has 152 valence electrons. The van der Waals surface area contributed by atoms with Crippen LogP contribution in [0.4, 0.5) is 0 Å². The second kappa shape index (κ2) is 7.26. The monoisotopic (exact) mass is 392 g/mol. The molecule has 2 aromatic rings. The molecule has 3 heterocycles. The van der Waals surface area contributed by atoms with E-state index in [4.69, 9.17) is 4.74 Å². The van der Waals surface area contributed by atoms with Gasteiger partial charge in [-0.1, -0.05) is 12.1 Å². The molecule has 0 unspecified atom stereocenters. The van der Waals surface area contributed by atoms with Crippen LogP contribution in [0.25, 0.3) is 16.8 Å². The van der Waals surface area contributed by atoms with Gasteiger partial charge in [0.05, 0.1) is 12.2 Å². The Bertz CT molecular complexity index is 945. The van der Waals surface area contributed by atoms with Gasteiger partial charge in [0, 0.05) is 41.8 Å². The number of hydrogen-bond donors (Lipinski definition) is 2. The molecule has 2 aliphatic heterocycles. The van der Waals surface area contributed by atoms with Crippen molar-refractivity contribution in [2.45, 2.75) is 57.7 Å². The number of piperidine rings is 1. The number of ether oxygens (including phenoxy) is 1. The summed E-state index contributed by atoms with van der Waals surface area (Å²) in [5, 5.41) is 22.7. The maximum absolute atomic E-state index is 10.5. The lowest BCUT2D eigenvalue weighted by Crippen LogP contribution is -2.60. The minimum atomic E-state index is 0.00673. The summed E-state index contributed by atoms with van der Waals surface area (Å²) < 4.78 is 6.14. The molecule has 1 aromatic carbocycles. The predicted octanol–water partition coefficient (Wildman–Crippen LogP) is 4.01. The molecular weight excluding hydrogens is 364 g/mol. The maximum Gasteiger partial charge on any atom is 0.233 e. The number of hydrogen-bond acceptors (Lipinski definition) is 6.